The normalized spacial score (nSPS) is 11.8. The molecule has 0 saturated heterocycles. The van der Waals surface area contributed by atoms with Crippen LogP contribution in [0.5, 0.6) is 0 Å². The van der Waals surface area contributed by atoms with E-state index in [0.717, 1.165) is 100 Å². The summed E-state index contributed by atoms with van der Waals surface area (Å²) in [6.45, 7) is 0. The van der Waals surface area contributed by atoms with Gasteiger partial charge in [-0.05, 0) is 104 Å². The Hall–Kier alpha value is -8.61. The minimum absolute atomic E-state index is 0.457. The maximum atomic E-state index is 5.47. The van der Waals surface area contributed by atoms with Crippen molar-refractivity contribution in [2.75, 3.05) is 4.90 Å². The first-order chi connectivity index (χ1) is 31.2. The van der Waals surface area contributed by atoms with Crippen molar-refractivity contribution >= 4 is 39.1 Å². The Balaban J connectivity index is 1.16. The second kappa shape index (κ2) is 15.1. The van der Waals surface area contributed by atoms with E-state index >= 15 is 0 Å². The van der Waals surface area contributed by atoms with E-state index in [1.807, 2.05) is 42.6 Å². The molecule has 0 N–H and O–H groups in total. The lowest BCUT2D eigenvalue weighted by molar-refractivity contribution is 1.01. The van der Waals surface area contributed by atoms with Gasteiger partial charge in [-0.25, -0.2) is 9.97 Å². The van der Waals surface area contributed by atoms with Crippen molar-refractivity contribution in [2.24, 2.45) is 0 Å². The zero-order chi connectivity index (χ0) is 41.7. The Kier molecular flexibility index (Phi) is 8.71. The number of hydrogen-bond acceptors (Lipinski definition) is 6. The highest BCUT2D eigenvalue weighted by Crippen LogP contribution is 2.50. The minimum atomic E-state index is 0.457. The van der Waals surface area contributed by atoms with Gasteiger partial charge in [0.05, 0.1) is 22.3 Å². The number of anilines is 3. The average Bonchev–Trinajstić information content (AvgIpc) is 3.37. The highest BCUT2D eigenvalue weighted by atomic mass is 15.3. The Morgan fingerprint density at radius 2 is 0.778 bits per heavy atom. The molecule has 6 heteroatoms. The number of rotatable bonds is 7. The Morgan fingerprint density at radius 3 is 1.30 bits per heavy atom. The molecule has 0 atom stereocenters. The van der Waals surface area contributed by atoms with E-state index in [1.165, 1.54) is 0 Å². The van der Waals surface area contributed by atoms with Crippen LogP contribution < -0.4 is 4.90 Å². The van der Waals surface area contributed by atoms with Gasteiger partial charge in [-0.2, -0.15) is 9.97 Å². The molecule has 1 aliphatic rings. The molecule has 0 saturated carbocycles. The van der Waals surface area contributed by atoms with E-state index in [2.05, 4.69) is 181 Å². The zero-order valence-corrected chi connectivity index (χ0v) is 34.0. The first-order valence-corrected chi connectivity index (χ1v) is 21.1. The maximum Gasteiger partial charge on any atom is 0.240 e. The minimum Gasteiger partial charge on any atom is -0.261 e. The van der Waals surface area contributed by atoms with Gasteiger partial charge in [0, 0.05) is 28.3 Å². The molecule has 0 amide bonds. The van der Waals surface area contributed by atoms with Crippen molar-refractivity contribution in [2.45, 2.75) is 0 Å². The van der Waals surface area contributed by atoms with Crippen molar-refractivity contribution in [1.82, 2.24) is 24.9 Å². The molecule has 0 spiro atoms. The maximum absolute atomic E-state index is 5.47. The van der Waals surface area contributed by atoms with Crippen LogP contribution in [-0.2, 0) is 0 Å². The predicted molar refractivity (Wildman–Crippen MR) is 257 cm³/mol. The van der Waals surface area contributed by atoms with E-state index in [1.54, 1.807) is 0 Å². The smallest absolute Gasteiger partial charge is 0.240 e. The van der Waals surface area contributed by atoms with Gasteiger partial charge >= 0.3 is 0 Å². The SMILES string of the molecule is c1ccc(-c2cc(-c3ccccc3)cc(-c3nc(-c4cc(-c5ccccc5)cc(-c5ccccc5)c4)nc(N4c5ccccc5-c5nccc6c5c4nc4ccccc46)n3)c2)cc1. The molecule has 0 aliphatic carbocycles. The monoisotopic (exact) mass is 804 g/mol. The van der Waals surface area contributed by atoms with E-state index < -0.39 is 0 Å². The van der Waals surface area contributed by atoms with Crippen LogP contribution in [0.3, 0.4) is 0 Å². The van der Waals surface area contributed by atoms with Crippen LogP contribution in [0.1, 0.15) is 0 Å². The van der Waals surface area contributed by atoms with Gasteiger partial charge < -0.3 is 0 Å². The molecule has 8 aromatic carbocycles. The largest absolute Gasteiger partial charge is 0.261 e. The van der Waals surface area contributed by atoms with Crippen molar-refractivity contribution < 1.29 is 0 Å². The molecule has 0 unspecified atom stereocenters. The van der Waals surface area contributed by atoms with E-state index in [-0.39, 0.29) is 0 Å². The number of nitrogens with zero attached hydrogens (tertiary/aromatic N) is 6. The summed E-state index contributed by atoms with van der Waals surface area (Å²) in [4.78, 5) is 28.8. The third kappa shape index (κ3) is 6.49. The van der Waals surface area contributed by atoms with Gasteiger partial charge in [-0.1, -0.05) is 158 Å². The molecule has 63 heavy (non-hydrogen) atoms. The van der Waals surface area contributed by atoms with Crippen LogP contribution in [0.4, 0.5) is 17.5 Å². The van der Waals surface area contributed by atoms with Crippen molar-refractivity contribution in [3.8, 4) is 78.5 Å². The first kappa shape index (κ1) is 36.3. The summed E-state index contributed by atoms with van der Waals surface area (Å²) in [5.41, 5.74) is 14.0. The molecule has 0 fully saturated rings. The average molecular weight is 805 g/mol. The third-order valence-electron chi connectivity index (χ3n) is 11.8. The van der Waals surface area contributed by atoms with E-state index in [4.69, 9.17) is 24.9 Å². The second-order valence-electron chi connectivity index (χ2n) is 15.7. The molecular formula is C57H36N6. The Bertz CT molecular complexity index is 3240. The fourth-order valence-corrected chi connectivity index (χ4v) is 8.86. The van der Waals surface area contributed by atoms with Gasteiger partial charge in [0.25, 0.3) is 0 Å². The van der Waals surface area contributed by atoms with Crippen LogP contribution in [0.25, 0.3) is 100 Å². The number of aromatic nitrogens is 5. The molecule has 11 aromatic rings. The van der Waals surface area contributed by atoms with Gasteiger partial charge in [0.1, 0.15) is 0 Å². The summed E-state index contributed by atoms with van der Waals surface area (Å²) in [5.74, 6) is 2.27. The fourth-order valence-electron chi connectivity index (χ4n) is 8.86. The lowest BCUT2D eigenvalue weighted by atomic mass is 9.95. The van der Waals surface area contributed by atoms with Crippen LogP contribution in [0.2, 0.25) is 0 Å². The van der Waals surface area contributed by atoms with Gasteiger partial charge in [-0.15, -0.1) is 0 Å². The van der Waals surface area contributed by atoms with Crippen molar-refractivity contribution in [1.29, 1.82) is 0 Å². The molecule has 3 aromatic heterocycles. The molecular weight excluding hydrogens is 769 g/mol. The van der Waals surface area contributed by atoms with Crippen LogP contribution >= 0.6 is 0 Å². The zero-order valence-electron chi connectivity index (χ0n) is 34.0. The summed E-state index contributed by atoms with van der Waals surface area (Å²) < 4.78 is 0. The molecule has 0 radical (unpaired) electrons. The van der Waals surface area contributed by atoms with Gasteiger partial charge in [0.2, 0.25) is 5.95 Å². The summed E-state index contributed by atoms with van der Waals surface area (Å²) in [6, 6.07) is 73.9. The van der Waals surface area contributed by atoms with Gasteiger partial charge in [-0.3, -0.25) is 9.88 Å². The number of hydrogen-bond donors (Lipinski definition) is 0. The van der Waals surface area contributed by atoms with Gasteiger partial charge in [0.15, 0.2) is 17.5 Å². The number of fused-ring (bicyclic) bond motifs is 4. The Labute approximate surface area is 364 Å². The lowest BCUT2D eigenvalue weighted by Crippen LogP contribution is -2.20. The molecule has 12 rings (SSSR count). The molecule has 4 heterocycles. The highest BCUT2D eigenvalue weighted by molar-refractivity contribution is 6.18. The van der Waals surface area contributed by atoms with Crippen molar-refractivity contribution in [3.05, 3.63) is 219 Å². The third-order valence-corrected chi connectivity index (χ3v) is 11.8. The number of benzene rings is 8. The highest BCUT2D eigenvalue weighted by Gasteiger charge is 2.31. The molecule has 0 bridgehead atoms. The lowest BCUT2D eigenvalue weighted by Gasteiger charge is -2.30. The fraction of sp³-hybridized carbons (Fsp3) is 0. The number of para-hydroxylation sites is 2. The molecule has 6 nitrogen and oxygen atoms in total. The number of pyridine rings is 2. The molecule has 1 aliphatic heterocycles. The Morgan fingerprint density at radius 1 is 0.333 bits per heavy atom. The topological polar surface area (TPSA) is 67.7 Å². The van der Waals surface area contributed by atoms with Crippen LogP contribution in [-0.4, -0.2) is 24.9 Å². The summed E-state index contributed by atoms with van der Waals surface area (Å²) in [6.07, 6.45) is 1.90. The first-order valence-electron chi connectivity index (χ1n) is 21.1. The van der Waals surface area contributed by atoms with Crippen LogP contribution in [0.15, 0.2) is 219 Å². The molecule has 294 valence electrons. The second-order valence-corrected chi connectivity index (χ2v) is 15.7. The summed E-state index contributed by atoms with van der Waals surface area (Å²) in [7, 11) is 0. The quantitative estimate of drug-likeness (QED) is 0.149. The standard InChI is InChI=1S/C57H36N6/c1-5-17-37(18-6-1)41-31-42(38-19-7-2-8-20-38)34-45(33-41)54-60-55(46-35-43(39-21-9-3-10-22-39)32-44(36-46)40-23-11-4-12-24-40)62-57(61-54)63-51-28-16-14-26-49(51)53-52-48(29-30-58-53)47-25-13-15-27-50(47)59-56(52)63/h1-36H. The van der Waals surface area contributed by atoms with Crippen LogP contribution in [0, 0.1) is 0 Å². The summed E-state index contributed by atoms with van der Waals surface area (Å²) >= 11 is 0. The van der Waals surface area contributed by atoms with Crippen molar-refractivity contribution in [3.63, 3.8) is 0 Å². The predicted octanol–water partition coefficient (Wildman–Crippen LogP) is 14.4. The summed E-state index contributed by atoms with van der Waals surface area (Å²) in [5, 5.41) is 3.09. The van der Waals surface area contributed by atoms with E-state index in [0.29, 0.717) is 17.6 Å². The van der Waals surface area contributed by atoms with E-state index in [9.17, 15) is 0 Å².